The fourth-order valence-corrected chi connectivity index (χ4v) is 3.26. The zero-order valence-corrected chi connectivity index (χ0v) is 11.5. The average molecular weight is 258 g/mol. The van der Waals surface area contributed by atoms with Gasteiger partial charge in [-0.1, -0.05) is 24.3 Å². The molecule has 0 spiro atoms. The van der Waals surface area contributed by atoms with Crippen LogP contribution in [0.15, 0.2) is 24.3 Å². The second kappa shape index (κ2) is 4.97. The summed E-state index contributed by atoms with van der Waals surface area (Å²) in [5.41, 5.74) is 8.61. The van der Waals surface area contributed by atoms with Crippen LogP contribution in [0.5, 0.6) is 0 Å². The Hall–Kier alpha value is -1.35. The number of likely N-dealkylation sites (tertiary alicyclic amines) is 1. The van der Waals surface area contributed by atoms with Crippen LogP contribution in [0.3, 0.4) is 0 Å². The van der Waals surface area contributed by atoms with E-state index in [-0.39, 0.29) is 12.0 Å². The molecule has 1 aliphatic carbocycles. The van der Waals surface area contributed by atoms with Crippen molar-refractivity contribution < 1.29 is 4.79 Å². The molecule has 0 radical (unpaired) electrons. The van der Waals surface area contributed by atoms with Crippen LogP contribution in [0.2, 0.25) is 0 Å². The van der Waals surface area contributed by atoms with Crippen molar-refractivity contribution >= 4 is 5.91 Å². The molecule has 3 unspecified atom stereocenters. The SMILES string of the molecule is Cc1ccccc1C1CC1C(=O)N1CCCC(N)C1. The van der Waals surface area contributed by atoms with Gasteiger partial charge in [0.1, 0.15) is 0 Å². The van der Waals surface area contributed by atoms with Crippen LogP contribution in [0.25, 0.3) is 0 Å². The minimum absolute atomic E-state index is 0.174. The third kappa shape index (κ3) is 2.52. The molecule has 1 saturated carbocycles. The highest BCUT2D eigenvalue weighted by molar-refractivity contribution is 5.83. The molecule has 3 rings (SSSR count). The zero-order chi connectivity index (χ0) is 13.4. The number of amides is 1. The summed E-state index contributed by atoms with van der Waals surface area (Å²) >= 11 is 0. The van der Waals surface area contributed by atoms with E-state index in [0.717, 1.165) is 32.4 Å². The standard InChI is InChI=1S/C16H22N2O/c1-11-5-2-3-7-13(11)14-9-15(14)16(19)18-8-4-6-12(17)10-18/h2-3,5,7,12,14-15H,4,6,8-10,17H2,1H3. The van der Waals surface area contributed by atoms with Crippen molar-refractivity contribution in [3.05, 3.63) is 35.4 Å². The molecular weight excluding hydrogens is 236 g/mol. The summed E-state index contributed by atoms with van der Waals surface area (Å²) in [6.07, 6.45) is 3.11. The predicted octanol–water partition coefficient (Wildman–Crippen LogP) is 2.05. The lowest BCUT2D eigenvalue weighted by molar-refractivity contribution is -0.133. The maximum atomic E-state index is 12.5. The maximum absolute atomic E-state index is 12.5. The molecular formula is C16H22N2O. The summed E-state index contributed by atoms with van der Waals surface area (Å²) in [5, 5.41) is 0. The summed E-state index contributed by atoms with van der Waals surface area (Å²) in [4.78, 5) is 14.5. The lowest BCUT2D eigenvalue weighted by Crippen LogP contribution is -2.46. The van der Waals surface area contributed by atoms with E-state index in [1.807, 2.05) is 4.90 Å². The van der Waals surface area contributed by atoms with Gasteiger partial charge in [-0.2, -0.15) is 0 Å². The molecule has 1 heterocycles. The van der Waals surface area contributed by atoms with E-state index in [1.165, 1.54) is 11.1 Å². The minimum atomic E-state index is 0.174. The molecule has 2 aliphatic rings. The number of piperidine rings is 1. The molecule has 1 amide bonds. The van der Waals surface area contributed by atoms with Crippen molar-refractivity contribution in [2.45, 2.75) is 38.1 Å². The molecule has 3 heteroatoms. The first-order valence-electron chi connectivity index (χ1n) is 7.26. The van der Waals surface area contributed by atoms with Crippen molar-refractivity contribution in [3.8, 4) is 0 Å². The Kier molecular flexibility index (Phi) is 3.31. The molecule has 1 aromatic carbocycles. The number of carbonyl (C=O) groups excluding carboxylic acids is 1. The van der Waals surface area contributed by atoms with Crippen molar-refractivity contribution in [2.24, 2.45) is 11.7 Å². The van der Waals surface area contributed by atoms with Crippen LogP contribution in [0, 0.1) is 12.8 Å². The topological polar surface area (TPSA) is 46.3 Å². The molecule has 3 atom stereocenters. The van der Waals surface area contributed by atoms with Crippen molar-refractivity contribution in [3.63, 3.8) is 0 Å². The van der Waals surface area contributed by atoms with Crippen LogP contribution in [0.4, 0.5) is 0 Å². The largest absolute Gasteiger partial charge is 0.341 e. The third-order valence-corrected chi connectivity index (χ3v) is 4.47. The van der Waals surface area contributed by atoms with Crippen LogP contribution in [-0.4, -0.2) is 29.9 Å². The van der Waals surface area contributed by atoms with Gasteiger partial charge in [0.25, 0.3) is 0 Å². The van der Waals surface area contributed by atoms with Crippen LogP contribution >= 0.6 is 0 Å². The van der Waals surface area contributed by atoms with E-state index in [9.17, 15) is 4.79 Å². The normalized spacial score (nSPS) is 30.2. The molecule has 102 valence electrons. The second-order valence-electron chi connectivity index (χ2n) is 5.99. The highest BCUT2D eigenvalue weighted by atomic mass is 16.2. The lowest BCUT2D eigenvalue weighted by atomic mass is 10.0. The number of rotatable bonds is 2. The predicted molar refractivity (Wildman–Crippen MR) is 75.8 cm³/mol. The number of aryl methyl sites for hydroxylation is 1. The van der Waals surface area contributed by atoms with Gasteiger partial charge in [0.2, 0.25) is 5.91 Å². The molecule has 0 aromatic heterocycles. The van der Waals surface area contributed by atoms with Gasteiger partial charge in [-0.25, -0.2) is 0 Å². The fourth-order valence-electron chi connectivity index (χ4n) is 3.26. The quantitative estimate of drug-likeness (QED) is 0.882. The number of hydrogen-bond donors (Lipinski definition) is 1. The van der Waals surface area contributed by atoms with Gasteiger partial charge >= 0.3 is 0 Å². The van der Waals surface area contributed by atoms with Crippen LogP contribution < -0.4 is 5.73 Å². The molecule has 1 saturated heterocycles. The minimum Gasteiger partial charge on any atom is -0.341 e. The highest BCUT2D eigenvalue weighted by Gasteiger charge is 2.46. The summed E-state index contributed by atoms with van der Waals surface area (Å²) in [6, 6.07) is 8.59. The van der Waals surface area contributed by atoms with E-state index in [1.54, 1.807) is 0 Å². The summed E-state index contributed by atoms with van der Waals surface area (Å²) < 4.78 is 0. The summed E-state index contributed by atoms with van der Waals surface area (Å²) in [6.45, 7) is 3.77. The molecule has 2 N–H and O–H groups in total. The van der Waals surface area contributed by atoms with Gasteiger partial charge < -0.3 is 10.6 Å². The Morgan fingerprint density at radius 1 is 1.37 bits per heavy atom. The summed E-state index contributed by atoms with van der Waals surface area (Å²) in [5.74, 6) is 0.960. The first-order valence-corrected chi connectivity index (χ1v) is 7.26. The van der Waals surface area contributed by atoms with Gasteiger partial charge in [-0.15, -0.1) is 0 Å². The second-order valence-corrected chi connectivity index (χ2v) is 5.99. The third-order valence-electron chi connectivity index (χ3n) is 4.47. The smallest absolute Gasteiger partial charge is 0.226 e. The number of carbonyl (C=O) groups is 1. The first kappa shape index (κ1) is 12.7. The molecule has 3 nitrogen and oxygen atoms in total. The highest BCUT2D eigenvalue weighted by Crippen LogP contribution is 2.49. The number of nitrogens with two attached hydrogens (primary N) is 1. The molecule has 19 heavy (non-hydrogen) atoms. The Morgan fingerprint density at radius 3 is 2.89 bits per heavy atom. The van der Waals surface area contributed by atoms with Gasteiger partial charge in [-0.05, 0) is 43.2 Å². The zero-order valence-electron chi connectivity index (χ0n) is 11.5. The maximum Gasteiger partial charge on any atom is 0.226 e. The molecule has 1 aromatic rings. The molecule has 0 bridgehead atoms. The van der Waals surface area contributed by atoms with E-state index in [0.29, 0.717) is 11.8 Å². The van der Waals surface area contributed by atoms with Gasteiger partial charge in [0, 0.05) is 25.0 Å². The van der Waals surface area contributed by atoms with Gasteiger partial charge in [0.15, 0.2) is 0 Å². The van der Waals surface area contributed by atoms with Crippen LogP contribution in [-0.2, 0) is 4.79 Å². The number of benzene rings is 1. The van der Waals surface area contributed by atoms with Crippen LogP contribution in [0.1, 0.15) is 36.3 Å². The van der Waals surface area contributed by atoms with Crippen molar-refractivity contribution in [1.82, 2.24) is 4.90 Å². The van der Waals surface area contributed by atoms with E-state index >= 15 is 0 Å². The van der Waals surface area contributed by atoms with E-state index in [4.69, 9.17) is 5.73 Å². The first-order chi connectivity index (χ1) is 9.16. The fraction of sp³-hybridized carbons (Fsp3) is 0.562. The van der Waals surface area contributed by atoms with E-state index in [2.05, 4.69) is 31.2 Å². The van der Waals surface area contributed by atoms with Crippen molar-refractivity contribution in [2.75, 3.05) is 13.1 Å². The Bertz CT molecular complexity index is 485. The Morgan fingerprint density at radius 2 is 2.16 bits per heavy atom. The molecule has 1 aliphatic heterocycles. The van der Waals surface area contributed by atoms with Crippen molar-refractivity contribution in [1.29, 1.82) is 0 Å². The summed E-state index contributed by atoms with van der Waals surface area (Å²) in [7, 11) is 0. The Balaban J connectivity index is 1.66. The molecule has 2 fully saturated rings. The number of hydrogen-bond acceptors (Lipinski definition) is 2. The Labute approximate surface area is 114 Å². The van der Waals surface area contributed by atoms with Gasteiger partial charge in [0.05, 0.1) is 0 Å². The lowest BCUT2D eigenvalue weighted by Gasteiger charge is -2.31. The average Bonchev–Trinajstić information content (AvgIpc) is 3.18. The van der Waals surface area contributed by atoms with Gasteiger partial charge in [-0.3, -0.25) is 4.79 Å². The van der Waals surface area contributed by atoms with E-state index < -0.39 is 0 Å². The number of nitrogens with zero attached hydrogens (tertiary/aromatic N) is 1. The monoisotopic (exact) mass is 258 g/mol.